The van der Waals surface area contributed by atoms with E-state index in [2.05, 4.69) is 10.0 Å². The van der Waals surface area contributed by atoms with E-state index in [9.17, 15) is 13.2 Å². The standard InChI is InChI=1S/C18H23N3O3S.ClH/c1-12(2)17(19)18(22)20-14-6-8-15(9-7-14)21-25(23,24)16-10-4-13(3)5-11-16;/h4-12,17,21H,19H2,1-3H3,(H,20,22);1H/t17-;/m0./s1. The van der Waals surface area contributed by atoms with Crippen molar-refractivity contribution in [2.45, 2.75) is 31.7 Å². The second-order valence-corrected chi connectivity index (χ2v) is 7.94. The summed E-state index contributed by atoms with van der Waals surface area (Å²) in [5.74, 6) is -0.247. The number of carbonyl (C=O) groups excluding carboxylic acids is 1. The lowest BCUT2D eigenvalue weighted by Crippen LogP contribution is -2.39. The molecule has 2 rings (SSSR count). The van der Waals surface area contributed by atoms with E-state index in [1.54, 1.807) is 48.5 Å². The summed E-state index contributed by atoms with van der Waals surface area (Å²) in [7, 11) is -3.65. The zero-order chi connectivity index (χ0) is 18.6. The van der Waals surface area contributed by atoms with E-state index in [4.69, 9.17) is 5.73 Å². The van der Waals surface area contributed by atoms with Crippen LogP contribution in [0.3, 0.4) is 0 Å². The minimum absolute atomic E-state index is 0. The Bertz CT molecular complexity index is 835. The Hall–Kier alpha value is -2.09. The summed E-state index contributed by atoms with van der Waals surface area (Å²) in [6.45, 7) is 5.63. The second kappa shape index (κ2) is 9.02. The summed E-state index contributed by atoms with van der Waals surface area (Å²) >= 11 is 0. The third-order valence-corrected chi connectivity index (χ3v) is 5.15. The molecule has 142 valence electrons. The molecule has 0 fully saturated rings. The van der Waals surface area contributed by atoms with Gasteiger partial charge in [-0.2, -0.15) is 0 Å². The molecular formula is C18H24ClN3O3S. The van der Waals surface area contributed by atoms with Crippen molar-refractivity contribution in [2.24, 2.45) is 11.7 Å². The molecule has 2 aromatic carbocycles. The Balaban J connectivity index is 0.00000338. The van der Waals surface area contributed by atoms with Gasteiger partial charge < -0.3 is 11.1 Å². The molecule has 0 bridgehead atoms. The summed E-state index contributed by atoms with van der Waals surface area (Å²) in [6.07, 6.45) is 0. The van der Waals surface area contributed by atoms with Crippen LogP contribution in [-0.2, 0) is 14.8 Å². The van der Waals surface area contributed by atoms with Gasteiger partial charge in [0.25, 0.3) is 10.0 Å². The summed E-state index contributed by atoms with van der Waals surface area (Å²) in [4.78, 5) is 12.1. The number of anilines is 2. The van der Waals surface area contributed by atoms with E-state index >= 15 is 0 Å². The van der Waals surface area contributed by atoms with Gasteiger partial charge in [0.2, 0.25) is 5.91 Å². The van der Waals surface area contributed by atoms with E-state index in [-0.39, 0.29) is 29.1 Å². The summed E-state index contributed by atoms with van der Waals surface area (Å²) in [5, 5.41) is 2.71. The summed E-state index contributed by atoms with van der Waals surface area (Å²) < 4.78 is 27.2. The Morgan fingerprint density at radius 2 is 1.46 bits per heavy atom. The van der Waals surface area contributed by atoms with Crippen LogP contribution in [0.4, 0.5) is 11.4 Å². The highest BCUT2D eigenvalue weighted by Gasteiger charge is 2.17. The minimum Gasteiger partial charge on any atom is -0.325 e. The molecule has 26 heavy (non-hydrogen) atoms. The molecule has 0 aliphatic carbocycles. The zero-order valence-corrected chi connectivity index (χ0v) is 16.5. The van der Waals surface area contributed by atoms with E-state index in [0.29, 0.717) is 11.4 Å². The molecule has 0 unspecified atom stereocenters. The summed E-state index contributed by atoms with van der Waals surface area (Å²) in [6, 6.07) is 12.4. The lowest BCUT2D eigenvalue weighted by molar-refractivity contribution is -0.118. The smallest absolute Gasteiger partial charge is 0.261 e. The molecule has 1 amide bonds. The van der Waals surface area contributed by atoms with Gasteiger partial charge in [0.1, 0.15) is 0 Å². The first kappa shape index (κ1) is 22.0. The van der Waals surface area contributed by atoms with E-state index in [1.165, 1.54) is 0 Å². The van der Waals surface area contributed by atoms with Crippen molar-refractivity contribution in [1.29, 1.82) is 0 Å². The predicted octanol–water partition coefficient (Wildman–Crippen LogP) is 3.14. The van der Waals surface area contributed by atoms with Crippen LogP contribution in [0.5, 0.6) is 0 Å². The fourth-order valence-corrected chi connectivity index (χ4v) is 3.14. The van der Waals surface area contributed by atoms with Crippen LogP contribution in [0.2, 0.25) is 0 Å². The third kappa shape index (κ3) is 5.72. The zero-order valence-electron chi connectivity index (χ0n) is 14.9. The molecule has 0 radical (unpaired) electrons. The monoisotopic (exact) mass is 397 g/mol. The molecule has 8 heteroatoms. The number of nitrogens with one attached hydrogen (secondary N) is 2. The van der Waals surface area contributed by atoms with Gasteiger partial charge in [0.05, 0.1) is 10.9 Å². The van der Waals surface area contributed by atoms with Crippen LogP contribution in [0.25, 0.3) is 0 Å². The normalized spacial score (nSPS) is 12.2. The van der Waals surface area contributed by atoms with Gasteiger partial charge in [0.15, 0.2) is 0 Å². The second-order valence-electron chi connectivity index (χ2n) is 6.25. The molecule has 0 aromatic heterocycles. The Kier molecular flexibility index (Phi) is 7.62. The fourth-order valence-electron chi connectivity index (χ4n) is 2.08. The molecule has 0 aliphatic rings. The van der Waals surface area contributed by atoms with Gasteiger partial charge >= 0.3 is 0 Å². The Morgan fingerprint density at radius 3 is 1.96 bits per heavy atom. The largest absolute Gasteiger partial charge is 0.325 e. The van der Waals surface area contributed by atoms with Crippen molar-refractivity contribution >= 4 is 39.7 Å². The SMILES string of the molecule is Cc1ccc(S(=O)(=O)Nc2ccc(NC(=O)[C@@H](N)C(C)C)cc2)cc1.Cl. The van der Waals surface area contributed by atoms with E-state index in [1.807, 2.05) is 20.8 Å². The molecule has 4 N–H and O–H groups in total. The first-order valence-electron chi connectivity index (χ1n) is 7.95. The lowest BCUT2D eigenvalue weighted by atomic mass is 10.0. The molecule has 0 saturated heterocycles. The van der Waals surface area contributed by atoms with Crippen molar-refractivity contribution in [1.82, 2.24) is 0 Å². The maximum Gasteiger partial charge on any atom is 0.261 e. The number of nitrogens with two attached hydrogens (primary N) is 1. The van der Waals surface area contributed by atoms with Crippen LogP contribution in [-0.4, -0.2) is 20.4 Å². The predicted molar refractivity (Wildman–Crippen MR) is 107 cm³/mol. The Morgan fingerprint density at radius 1 is 0.962 bits per heavy atom. The molecule has 6 nitrogen and oxygen atoms in total. The molecular weight excluding hydrogens is 374 g/mol. The number of hydrogen-bond donors (Lipinski definition) is 3. The highest BCUT2D eigenvalue weighted by molar-refractivity contribution is 7.92. The fraction of sp³-hybridized carbons (Fsp3) is 0.278. The number of rotatable bonds is 6. The van der Waals surface area contributed by atoms with Crippen LogP contribution in [0.15, 0.2) is 53.4 Å². The Labute approximate surface area is 160 Å². The minimum atomic E-state index is -3.65. The third-order valence-electron chi connectivity index (χ3n) is 3.76. The quantitative estimate of drug-likeness (QED) is 0.696. The number of hydrogen-bond acceptors (Lipinski definition) is 4. The maximum absolute atomic E-state index is 12.3. The maximum atomic E-state index is 12.3. The number of sulfonamides is 1. The molecule has 2 aromatic rings. The number of carbonyl (C=O) groups is 1. The molecule has 1 atom stereocenters. The number of benzene rings is 2. The summed E-state index contributed by atoms with van der Waals surface area (Å²) in [5.41, 5.74) is 7.74. The lowest BCUT2D eigenvalue weighted by Gasteiger charge is -2.15. The van der Waals surface area contributed by atoms with Crippen LogP contribution in [0, 0.1) is 12.8 Å². The van der Waals surface area contributed by atoms with E-state index in [0.717, 1.165) is 5.56 Å². The van der Waals surface area contributed by atoms with Crippen molar-refractivity contribution in [3.05, 3.63) is 54.1 Å². The topological polar surface area (TPSA) is 101 Å². The van der Waals surface area contributed by atoms with Crippen molar-refractivity contribution < 1.29 is 13.2 Å². The van der Waals surface area contributed by atoms with E-state index < -0.39 is 16.1 Å². The van der Waals surface area contributed by atoms with Crippen molar-refractivity contribution in [2.75, 3.05) is 10.0 Å². The number of aryl methyl sites for hydroxylation is 1. The van der Waals surface area contributed by atoms with Gasteiger partial charge in [-0.05, 0) is 49.2 Å². The first-order valence-corrected chi connectivity index (χ1v) is 9.43. The van der Waals surface area contributed by atoms with Gasteiger partial charge in [-0.1, -0.05) is 31.5 Å². The van der Waals surface area contributed by atoms with Crippen molar-refractivity contribution in [3.8, 4) is 0 Å². The average Bonchev–Trinajstić information content (AvgIpc) is 2.56. The molecule has 0 spiro atoms. The van der Waals surface area contributed by atoms with Gasteiger partial charge in [-0.3, -0.25) is 9.52 Å². The highest BCUT2D eigenvalue weighted by atomic mass is 35.5. The van der Waals surface area contributed by atoms with Gasteiger partial charge in [-0.25, -0.2) is 8.42 Å². The number of amides is 1. The van der Waals surface area contributed by atoms with Gasteiger partial charge in [0, 0.05) is 11.4 Å². The molecule has 0 aliphatic heterocycles. The van der Waals surface area contributed by atoms with Crippen molar-refractivity contribution in [3.63, 3.8) is 0 Å². The van der Waals surface area contributed by atoms with Crippen LogP contribution < -0.4 is 15.8 Å². The molecule has 0 saturated carbocycles. The van der Waals surface area contributed by atoms with Crippen LogP contribution >= 0.6 is 12.4 Å². The average molecular weight is 398 g/mol. The molecule has 0 heterocycles. The van der Waals surface area contributed by atoms with Gasteiger partial charge in [-0.15, -0.1) is 12.4 Å². The number of halogens is 1. The first-order chi connectivity index (χ1) is 11.7. The highest BCUT2D eigenvalue weighted by Crippen LogP contribution is 2.19. The van der Waals surface area contributed by atoms with Crippen LogP contribution in [0.1, 0.15) is 19.4 Å².